The maximum Gasteiger partial charge on any atom is 0.410 e. The monoisotopic (exact) mass is 253 g/mol. The standard InChI is InChI=1S/C15H27NO2/c1-6-12-9-16(13(17)18-12)11-7-14(2,3)10-15(4,5)8-11/h11-12H,6-10H2,1-5H3. The highest BCUT2D eigenvalue weighted by Gasteiger charge is 2.44. The van der Waals surface area contributed by atoms with Crippen LogP contribution in [0.25, 0.3) is 0 Å². The van der Waals surface area contributed by atoms with E-state index in [2.05, 4.69) is 34.6 Å². The van der Waals surface area contributed by atoms with Crippen LogP contribution in [-0.2, 0) is 4.74 Å². The van der Waals surface area contributed by atoms with E-state index in [4.69, 9.17) is 4.74 Å². The molecule has 1 aliphatic carbocycles. The molecule has 2 fully saturated rings. The van der Waals surface area contributed by atoms with Crippen molar-refractivity contribution in [1.82, 2.24) is 4.90 Å². The van der Waals surface area contributed by atoms with E-state index in [0.29, 0.717) is 16.9 Å². The maximum absolute atomic E-state index is 12.0. The van der Waals surface area contributed by atoms with Crippen LogP contribution in [0, 0.1) is 10.8 Å². The van der Waals surface area contributed by atoms with Crippen molar-refractivity contribution in [2.45, 2.75) is 72.4 Å². The van der Waals surface area contributed by atoms with Crippen molar-refractivity contribution >= 4 is 6.09 Å². The maximum atomic E-state index is 12.0. The predicted molar refractivity (Wildman–Crippen MR) is 72.5 cm³/mol. The SMILES string of the molecule is CCC1CN(C2CC(C)(C)CC(C)(C)C2)C(=O)O1. The van der Waals surface area contributed by atoms with Crippen molar-refractivity contribution in [1.29, 1.82) is 0 Å². The summed E-state index contributed by atoms with van der Waals surface area (Å²) in [6, 6.07) is 0.354. The van der Waals surface area contributed by atoms with E-state index < -0.39 is 0 Å². The van der Waals surface area contributed by atoms with Gasteiger partial charge in [-0.25, -0.2) is 4.79 Å². The third-order valence-electron chi connectivity index (χ3n) is 4.33. The number of cyclic esters (lactones) is 1. The zero-order chi connectivity index (χ0) is 13.6. The molecule has 2 rings (SSSR count). The number of ether oxygens (including phenoxy) is 1. The number of hydrogen-bond donors (Lipinski definition) is 0. The van der Waals surface area contributed by atoms with E-state index in [0.717, 1.165) is 25.8 Å². The van der Waals surface area contributed by atoms with Crippen LogP contribution >= 0.6 is 0 Å². The molecule has 0 aromatic rings. The smallest absolute Gasteiger partial charge is 0.410 e. The van der Waals surface area contributed by atoms with Gasteiger partial charge in [0.2, 0.25) is 0 Å². The van der Waals surface area contributed by atoms with Crippen LogP contribution in [0.15, 0.2) is 0 Å². The topological polar surface area (TPSA) is 29.5 Å². The van der Waals surface area contributed by atoms with E-state index in [-0.39, 0.29) is 12.2 Å². The summed E-state index contributed by atoms with van der Waals surface area (Å²) < 4.78 is 5.40. The molecular formula is C15H27NO2. The molecule has 1 unspecified atom stereocenters. The fourth-order valence-corrected chi connectivity index (χ4v) is 4.06. The highest BCUT2D eigenvalue weighted by atomic mass is 16.6. The summed E-state index contributed by atoms with van der Waals surface area (Å²) in [6.45, 7) is 12.1. The Morgan fingerprint density at radius 2 is 1.78 bits per heavy atom. The molecule has 3 heteroatoms. The molecule has 1 amide bonds. The Hall–Kier alpha value is -0.730. The normalized spacial score (nSPS) is 31.5. The first-order chi connectivity index (χ1) is 8.22. The van der Waals surface area contributed by atoms with Gasteiger partial charge in [0, 0.05) is 6.04 Å². The molecule has 104 valence electrons. The van der Waals surface area contributed by atoms with Crippen molar-refractivity contribution in [3.05, 3.63) is 0 Å². The molecular weight excluding hydrogens is 226 g/mol. The van der Waals surface area contributed by atoms with Gasteiger partial charge in [-0.2, -0.15) is 0 Å². The van der Waals surface area contributed by atoms with Crippen LogP contribution in [0.4, 0.5) is 4.79 Å². The van der Waals surface area contributed by atoms with E-state index >= 15 is 0 Å². The number of hydrogen-bond acceptors (Lipinski definition) is 2. The minimum Gasteiger partial charge on any atom is -0.444 e. The summed E-state index contributed by atoms with van der Waals surface area (Å²) in [7, 11) is 0. The minimum atomic E-state index is -0.0969. The fourth-order valence-electron chi connectivity index (χ4n) is 4.06. The predicted octanol–water partition coefficient (Wildman–Crippen LogP) is 3.82. The molecule has 0 aromatic heterocycles. The highest BCUT2D eigenvalue weighted by Crippen LogP contribution is 2.47. The first kappa shape index (κ1) is 13.7. The lowest BCUT2D eigenvalue weighted by atomic mass is 9.63. The van der Waals surface area contributed by atoms with Crippen LogP contribution in [-0.4, -0.2) is 29.7 Å². The van der Waals surface area contributed by atoms with Gasteiger partial charge in [-0.1, -0.05) is 34.6 Å². The Labute approximate surface area is 111 Å². The van der Waals surface area contributed by atoms with Gasteiger partial charge in [0.1, 0.15) is 6.10 Å². The molecule has 1 heterocycles. The van der Waals surface area contributed by atoms with Crippen molar-refractivity contribution in [2.24, 2.45) is 10.8 Å². The highest BCUT2D eigenvalue weighted by molar-refractivity contribution is 5.70. The van der Waals surface area contributed by atoms with Crippen molar-refractivity contribution in [2.75, 3.05) is 6.54 Å². The van der Waals surface area contributed by atoms with Crippen LogP contribution in [0.1, 0.15) is 60.3 Å². The average molecular weight is 253 g/mol. The van der Waals surface area contributed by atoms with E-state index in [9.17, 15) is 4.79 Å². The molecule has 1 saturated heterocycles. The van der Waals surface area contributed by atoms with Gasteiger partial charge < -0.3 is 9.64 Å². The van der Waals surface area contributed by atoms with Gasteiger partial charge in [-0.05, 0) is 36.5 Å². The number of carbonyl (C=O) groups is 1. The lowest BCUT2D eigenvalue weighted by Gasteiger charge is -2.47. The van der Waals surface area contributed by atoms with Gasteiger partial charge in [-0.15, -0.1) is 0 Å². The lowest BCUT2D eigenvalue weighted by molar-refractivity contribution is 0.0434. The van der Waals surface area contributed by atoms with E-state index in [1.165, 1.54) is 6.42 Å². The first-order valence-electron chi connectivity index (χ1n) is 7.20. The summed E-state index contributed by atoms with van der Waals surface area (Å²) in [4.78, 5) is 14.0. The lowest BCUT2D eigenvalue weighted by Crippen LogP contribution is -2.46. The Morgan fingerprint density at radius 3 is 2.22 bits per heavy atom. The Morgan fingerprint density at radius 1 is 1.22 bits per heavy atom. The van der Waals surface area contributed by atoms with Gasteiger partial charge in [0.05, 0.1) is 6.54 Å². The zero-order valence-electron chi connectivity index (χ0n) is 12.5. The number of carbonyl (C=O) groups excluding carboxylic acids is 1. The summed E-state index contributed by atoms with van der Waals surface area (Å²) in [5.74, 6) is 0. The largest absolute Gasteiger partial charge is 0.444 e. The van der Waals surface area contributed by atoms with E-state index in [1.54, 1.807) is 0 Å². The van der Waals surface area contributed by atoms with Gasteiger partial charge in [0.25, 0.3) is 0 Å². The summed E-state index contributed by atoms with van der Waals surface area (Å²) in [6.07, 6.45) is 4.36. The van der Waals surface area contributed by atoms with Crippen LogP contribution < -0.4 is 0 Å². The Kier molecular flexibility index (Phi) is 3.37. The summed E-state index contributed by atoms with van der Waals surface area (Å²) >= 11 is 0. The minimum absolute atomic E-state index is 0.0969. The molecule has 2 aliphatic rings. The second-order valence-electron chi connectivity index (χ2n) is 7.63. The molecule has 1 aliphatic heterocycles. The summed E-state index contributed by atoms with van der Waals surface area (Å²) in [5.41, 5.74) is 0.633. The molecule has 1 atom stereocenters. The number of amides is 1. The molecule has 18 heavy (non-hydrogen) atoms. The number of rotatable bonds is 2. The zero-order valence-corrected chi connectivity index (χ0v) is 12.5. The van der Waals surface area contributed by atoms with Crippen molar-refractivity contribution in [3.63, 3.8) is 0 Å². The molecule has 0 N–H and O–H groups in total. The quantitative estimate of drug-likeness (QED) is 0.748. The first-order valence-corrected chi connectivity index (χ1v) is 7.20. The third-order valence-corrected chi connectivity index (χ3v) is 4.33. The Bertz CT molecular complexity index is 319. The van der Waals surface area contributed by atoms with E-state index in [1.807, 2.05) is 4.90 Å². The van der Waals surface area contributed by atoms with Crippen molar-refractivity contribution < 1.29 is 9.53 Å². The Balaban J connectivity index is 2.11. The summed E-state index contributed by atoms with van der Waals surface area (Å²) in [5, 5.41) is 0. The van der Waals surface area contributed by atoms with Crippen LogP contribution in [0.2, 0.25) is 0 Å². The molecule has 0 bridgehead atoms. The molecule has 0 aromatic carbocycles. The van der Waals surface area contributed by atoms with Crippen LogP contribution in [0.3, 0.4) is 0 Å². The third kappa shape index (κ3) is 2.81. The fraction of sp³-hybridized carbons (Fsp3) is 0.933. The molecule has 0 radical (unpaired) electrons. The molecule has 0 spiro atoms. The number of nitrogens with zero attached hydrogens (tertiary/aromatic N) is 1. The van der Waals surface area contributed by atoms with Gasteiger partial charge >= 0.3 is 6.09 Å². The van der Waals surface area contributed by atoms with Gasteiger partial charge in [-0.3, -0.25) is 0 Å². The van der Waals surface area contributed by atoms with Crippen LogP contribution in [0.5, 0.6) is 0 Å². The van der Waals surface area contributed by atoms with Crippen molar-refractivity contribution in [3.8, 4) is 0 Å². The average Bonchev–Trinajstić information content (AvgIpc) is 2.55. The van der Waals surface area contributed by atoms with Gasteiger partial charge in [0.15, 0.2) is 0 Å². The molecule has 1 saturated carbocycles. The second-order valence-corrected chi connectivity index (χ2v) is 7.63. The second kappa shape index (κ2) is 4.43. The molecule has 3 nitrogen and oxygen atoms in total.